The van der Waals surface area contributed by atoms with Gasteiger partial charge in [0.25, 0.3) is 0 Å². The smallest absolute Gasteiger partial charge is 0.240 e. The van der Waals surface area contributed by atoms with Crippen LogP contribution in [0, 0.1) is 0 Å². The SMILES string of the molecule is CCCCCC(=O)N/N=C\c1ccc(Cl)cc1Cl. The Morgan fingerprint density at radius 1 is 1.39 bits per heavy atom. The number of hydrogen-bond donors (Lipinski definition) is 1. The minimum atomic E-state index is -0.0789. The van der Waals surface area contributed by atoms with Crippen molar-refractivity contribution in [1.29, 1.82) is 0 Å². The van der Waals surface area contributed by atoms with E-state index < -0.39 is 0 Å². The number of rotatable bonds is 6. The molecule has 0 atom stereocenters. The van der Waals surface area contributed by atoms with E-state index in [-0.39, 0.29) is 5.91 Å². The van der Waals surface area contributed by atoms with Gasteiger partial charge in [-0.05, 0) is 18.6 Å². The number of carbonyl (C=O) groups is 1. The number of amides is 1. The van der Waals surface area contributed by atoms with Crippen molar-refractivity contribution in [1.82, 2.24) is 5.43 Å². The molecule has 0 saturated carbocycles. The van der Waals surface area contributed by atoms with Crippen LogP contribution >= 0.6 is 23.2 Å². The van der Waals surface area contributed by atoms with Crippen molar-refractivity contribution in [2.24, 2.45) is 5.10 Å². The molecule has 0 radical (unpaired) electrons. The highest BCUT2D eigenvalue weighted by Gasteiger charge is 2.00. The lowest BCUT2D eigenvalue weighted by atomic mass is 10.2. The Morgan fingerprint density at radius 3 is 2.83 bits per heavy atom. The van der Waals surface area contributed by atoms with Crippen LogP contribution in [0.25, 0.3) is 0 Å². The molecule has 0 aliphatic carbocycles. The lowest BCUT2D eigenvalue weighted by molar-refractivity contribution is -0.121. The molecule has 0 fully saturated rings. The van der Waals surface area contributed by atoms with Crippen LogP contribution in [-0.2, 0) is 4.79 Å². The van der Waals surface area contributed by atoms with Gasteiger partial charge in [0.1, 0.15) is 0 Å². The first-order chi connectivity index (χ1) is 8.63. The number of nitrogens with zero attached hydrogens (tertiary/aromatic N) is 1. The number of unbranched alkanes of at least 4 members (excludes halogenated alkanes) is 2. The molecule has 3 nitrogen and oxygen atoms in total. The van der Waals surface area contributed by atoms with Crippen LogP contribution in [0.3, 0.4) is 0 Å². The summed E-state index contributed by atoms with van der Waals surface area (Å²) < 4.78 is 0. The molecule has 1 aromatic carbocycles. The molecule has 5 heteroatoms. The Bertz CT molecular complexity index is 433. The predicted octanol–water partition coefficient (Wildman–Crippen LogP) is 4.02. The number of hydrazone groups is 1. The first-order valence-electron chi connectivity index (χ1n) is 5.90. The maximum atomic E-state index is 11.4. The van der Waals surface area contributed by atoms with Gasteiger partial charge in [-0.25, -0.2) is 5.43 Å². The minimum Gasteiger partial charge on any atom is -0.273 e. The third kappa shape index (κ3) is 5.52. The molecule has 1 rings (SSSR count). The fraction of sp³-hybridized carbons (Fsp3) is 0.385. The van der Waals surface area contributed by atoms with E-state index in [1.54, 1.807) is 18.2 Å². The van der Waals surface area contributed by atoms with E-state index in [0.717, 1.165) is 24.8 Å². The molecular formula is C13H16Cl2N2O. The molecule has 0 aliphatic rings. The van der Waals surface area contributed by atoms with Crippen LogP contribution in [0.15, 0.2) is 23.3 Å². The van der Waals surface area contributed by atoms with Crippen molar-refractivity contribution in [3.05, 3.63) is 33.8 Å². The Labute approximate surface area is 117 Å². The molecule has 18 heavy (non-hydrogen) atoms. The van der Waals surface area contributed by atoms with E-state index in [9.17, 15) is 4.79 Å². The lowest BCUT2D eigenvalue weighted by Crippen LogP contribution is -2.16. The van der Waals surface area contributed by atoms with E-state index >= 15 is 0 Å². The van der Waals surface area contributed by atoms with Gasteiger partial charge >= 0.3 is 0 Å². The standard InChI is InChI=1S/C13H16Cl2N2O/c1-2-3-4-5-13(18)17-16-9-10-6-7-11(14)8-12(10)15/h6-9H,2-5H2,1H3,(H,17,18)/b16-9-. The summed E-state index contributed by atoms with van der Waals surface area (Å²) in [7, 11) is 0. The van der Waals surface area contributed by atoms with Gasteiger partial charge < -0.3 is 0 Å². The normalized spacial score (nSPS) is 10.8. The molecule has 0 unspecified atom stereocenters. The minimum absolute atomic E-state index is 0.0789. The van der Waals surface area contributed by atoms with E-state index in [1.165, 1.54) is 6.21 Å². The predicted molar refractivity (Wildman–Crippen MR) is 76.3 cm³/mol. The Kier molecular flexibility index (Phi) is 6.76. The highest BCUT2D eigenvalue weighted by Crippen LogP contribution is 2.19. The van der Waals surface area contributed by atoms with Crippen LogP contribution in [-0.4, -0.2) is 12.1 Å². The average molecular weight is 287 g/mol. The van der Waals surface area contributed by atoms with E-state index in [0.29, 0.717) is 16.5 Å². The van der Waals surface area contributed by atoms with Crippen LogP contribution in [0.1, 0.15) is 38.2 Å². The van der Waals surface area contributed by atoms with Gasteiger partial charge in [0.05, 0.1) is 11.2 Å². The monoisotopic (exact) mass is 286 g/mol. The molecule has 0 aromatic heterocycles. The summed E-state index contributed by atoms with van der Waals surface area (Å²) in [6.07, 6.45) is 5.05. The van der Waals surface area contributed by atoms with Crippen LogP contribution < -0.4 is 5.43 Å². The van der Waals surface area contributed by atoms with Crippen LogP contribution in [0.2, 0.25) is 10.0 Å². The topological polar surface area (TPSA) is 41.5 Å². The van der Waals surface area contributed by atoms with Crippen LogP contribution in [0.5, 0.6) is 0 Å². The maximum Gasteiger partial charge on any atom is 0.240 e. The second kappa shape index (κ2) is 8.11. The third-order valence-electron chi connectivity index (χ3n) is 2.36. The number of benzene rings is 1. The summed E-state index contributed by atoms with van der Waals surface area (Å²) >= 11 is 11.7. The lowest BCUT2D eigenvalue weighted by Gasteiger charge is -2.00. The molecule has 1 aromatic rings. The molecular weight excluding hydrogens is 271 g/mol. The third-order valence-corrected chi connectivity index (χ3v) is 2.93. The van der Waals surface area contributed by atoms with Gasteiger partial charge in [0.15, 0.2) is 0 Å². The van der Waals surface area contributed by atoms with Gasteiger partial charge in [-0.1, -0.05) is 49.0 Å². The summed E-state index contributed by atoms with van der Waals surface area (Å²) in [6, 6.07) is 5.10. The van der Waals surface area contributed by atoms with Gasteiger partial charge in [-0.15, -0.1) is 0 Å². The highest BCUT2D eigenvalue weighted by atomic mass is 35.5. The molecule has 0 bridgehead atoms. The largest absolute Gasteiger partial charge is 0.273 e. The number of halogens is 2. The Balaban J connectivity index is 2.42. The maximum absolute atomic E-state index is 11.4. The van der Waals surface area contributed by atoms with Crippen molar-refractivity contribution in [2.45, 2.75) is 32.6 Å². The molecule has 98 valence electrons. The van der Waals surface area contributed by atoms with Crippen molar-refractivity contribution >= 4 is 35.3 Å². The second-order valence-corrected chi connectivity index (χ2v) is 4.76. The zero-order chi connectivity index (χ0) is 13.4. The first-order valence-corrected chi connectivity index (χ1v) is 6.66. The Morgan fingerprint density at radius 2 is 2.17 bits per heavy atom. The Hall–Kier alpha value is -1.06. The molecule has 0 aliphatic heterocycles. The van der Waals surface area contributed by atoms with Crippen molar-refractivity contribution in [2.75, 3.05) is 0 Å². The molecule has 0 saturated heterocycles. The van der Waals surface area contributed by atoms with Crippen molar-refractivity contribution in [3.63, 3.8) is 0 Å². The van der Waals surface area contributed by atoms with Crippen molar-refractivity contribution in [3.8, 4) is 0 Å². The van der Waals surface area contributed by atoms with E-state index in [4.69, 9.17) is 23.2 Å². The summed E-state index contributed by atoms with van der Waals surface area (Å²) in [6.45, 7) is 2.10. The first kappa shape index (κ1) is 15.0. The number of nitrogens with one attached hydrogen (secondary N) is 1. The quantitative estimate of drug-likeness (QED) is 0.479. The van der Waals surface area contributed by atoms with Crippen molar-refractivity contribution < 1.29 is 4.79 Å². The van der Waals surface area contributed by atoms with Gasteiger partial charge in [-0.3, -0.25) is 4.79 Å². The number of carbonyl (C=O) groups excluding carboxylic acids is 1. The fourth-order valence-electron chi connectivity index (χ4n) is 1.37. The van der Waals surface area contributed by atoms with Crippen LogP contribution in [0.4, 0.5) is 0 Å². The van der Waals surface area contributed by atoms with E-state index in [1.807, 2.05) is 0 Å². The van der Waals surface area contributed by atoms with Gasteiger partial charge in [-0.2, -0.15) is 5.10 Å². The van der Waals surface area contributed by atoms with E-state index in [2.05, 4.69) is 17.5 Å². The summed E-state index contributed by atoms with van der Waals surface area (Å²) in [5.41, 5.74) is 3.19. The highest BCUT2D eigenvalue weighted by molar-refractivity contribution is 6.36. The fourth-order valence-corrected chi connectivity index (χ4v) is 1.83. The summed E-state index contributed by atoms with van der Waals surface area (Å²) in [4.78, 5) is 11.4. The molecule has 0 heterocycles. The second-order valence-electron chi connectivity index (χ2n) is 3.92. The molecule has 0 spiro atoms. The zero-order valence-electron chi connectivity index (χ0n) is 10.2. The zero-order valence-corrected chi connectivity index (χ0v) is 11.8. The number of hydrogen-bond acceptors (Lipinski definition) is 2. The summed E-state index contributed by atoms with van der Waals surface area (Å²) in [5.74, 6) is -0.0789. The summed E-state index contributed by atoms with van der Waals surface area (Å²) in [5, 5.41) is 4.93. The van der Waals surface area contributed by atoms with Gasteiger partial charge in [0, 0.05) is 17.0 Å². The van der Waals surface area contributed by atoms with Gasteiger partial charge in [0.2, 0.25) is 5.91 Å². The average Bonchev–Trinajstić information content (AvgIpc) is 2.32. The molecule has 1 amide bonds. The molecule has 1 N–H and O–H groups in total.